The van der Waals surface area contributed by atoms with E-state index in [1.807, 2.05) is 35.2 Å². The van der Waals surface area contributed by atoms with E-state index in [1.54, 1.807) is 0 Å². The van der Waals surface area contributed by atoms with E-state index in [4.69, 9.17) is 0 Å². The first-order valence-corrected chi connectivity index (χ1v) is 12.5. The van der Waals surface area contributed by atoms with E-state index in [9.17, 15) is 14.7 Å². The number of hydrogen-bond acceptors (Lipinski definition) is 6. The fourth-order valence-corrected chi connectivity index (χ4v) is 4.93. The van der Waals surface area contributed by atoms with Crippen LogP contribution in [0.25, 0.3) is 0 Å². The Bertz CT molecular complexity index is 995. The second kappa shape index (κ2) is 11.1. The highest BCUT2D eigenvalue weighted by atomic mass is 16.3. The Kier molecular flexibility index (Phi) is 8.00. The number of carbonyl (C=O) groups is 1. The van der Waals surface area contributed by atoms with Crippen molar-refractivity contribution in [1.29, 1.82) is 0 Å². The molecule has 0 spiro atoms. The normalized spacial score (nSPS) is 19.2. The first-order chi connectivity index (χ1) is 16.4. The Morgan fingerprint density at radius 1 is 1.15 bits per heavy atom. The third-order valence-electron chi connectivity index (χ3n) is 7.17. The lowest BCUT2D eigenvalue weighted by molar-refractivity contribution is -0.136. The topological polar surface area (TPSA) is 90.7 Å². The van der Waals surface area contributed by atoms with Crippen LogP contribution in [-0.4, -0.2) is 75.2 Å². The lowest BCUT2D eigenvalue weighted by Crippen LogP contribution is -2.49. The van der Waals surface area contributed by atoms with Gasteiger partial charge in [0.15, 0.2) is 0 Å². The highest BCUT2D eigenvalue weighted by molar-refractivity contribution is 5.77. The van der Waals surface area contributed by atoms with Crippen LogP contribution in [0.4, 0.5) is 5.82 Å². The molecule has 0 saturated carbocycles. The molecule has 2 fully saturated rings. The Balaban J connectivity index is 1.25. The molecule has 2 N–H and O–H groups in total. The molecule has 8 nitrogen and oxygen atoms in total. The highest BCUT2D eigenvalue weighted by Gasteiger charge is 2.34. The predicted octanol–water partition coefficient (Wildman–Crippen LogP) is 2.30. The summed E-state index contributed by atoms with van der Waals surface area (Å²) < 4.78 is 1.47. The summed E-state index contributed by atoms with van der Waals surface area (Å²) in [6.45, 7) is 7.24. The van der Waals surface area contributed by atoms with Crippen LogP contribution in [-0.2, 0) is 11.3 Å². The van der Waals surface area contributed by atoms with Crippen molar-refractivity contribution in [2.24, 2.45) is 0 Å². The lowest BCUT2D eigenvalue weighted by atomic mass is 9.90. The van der Waals surface area contributed by atoms with Crippen LogP contribution in [0.5, 0.6) is 0 Å². The summed E-state index contributed by atoms with van der Waals surface area (Å²) in [6.07, 6.45) is 5.38. The molecule has 2 saturated heterocycles. The molecular weight excluding hydrogens is 430 g/mol. The van der Waals surface area contributed by atoms with Crippen molar-refractivity contribution in [3.63, 3.8) is 0 Å². The van der Waals surface area contributed by atoms with E-state index in [0.29, 0.717) is 38.2 Å². The van der Waals surface area contributed by atoms with Crippen LogP contribution in [0.15, 0.2) is 47.5 Å². The summed E-state index contributed by atoms with van der Waals surface area (Å²) in [5.41, 5.74) is -0.0367. The van der Waals surface area contributed by atoms with Crippen LogP contribution in [0, 0.1) is 0 Å². The number of piperidine rings is 1. The number of anilines is 1. The van der Waals surface area contributed by atoms with E-state index in [-0.39, 0.29) is 23.9 Å². The van der Waals surface area contributed by atoms with Crippen molar-refractivity contribution in [2.75, 3.05) is 44.6 Å². The largest absolute Gasteiger partial charge is 0.388 e. The number of aromatic nitrogens is 2. The number of carbonyl (C=O) groups excluding carboxylic acids is 1. The lowest BCUT2D eigenvalue weighted by Gasteiger charge is -2.38. The molecule has 0 aliphatic carbocycles. The Hall–Kier alpha value is -2.71. The molecule has 1 atom stereocenters. The van der Waals surface area contributed by atoms with Gasteiger partial charge in [0.2, 0.25) is 5.91 Å². The zero-order valence-corrected chi connectivity index (χ0v) is 20.2. The van der Waals surface area contributed by atoms with Gasteiger partial charge in [-0.1, -0.05) is 37.3 Å². The number of hydrogen-bond donors (Lipinski definition) is 2. The van der Waals surface area contributed by atoms with Crippen LogP contribution in [0.3, 0.4) is 0 Å². The van der Waals surface area contributed by atoms with Gasteiger partial charge in [-0.25, -0.2) is 4.98 Å². The van der Waals surface area contributed by atoms with E-state index in [0.717, 1.165) is 31.7 Å². The fourth-order valence-electron chi connectivity index (χ4n) is 4.93. The zero-order valence-electron chi connectivity index (χ0n) is 20.2. The highest BCUT2D eigenvalue weighted by Crippen LogP contribution is 2.26. The number of nitrogens with zero attached hydrogens (tertiary/aromatic N) is 4. The monoisotopic (exact) mass is 467 g/mol. The molecule has 1 aromatic carbocycles. The van der Waals surface area contributed by atoms with Crippen molar-refractivity contribution < 1.29 is 9.90 Å². The summed E-state index contributed by atoms with van der Waals surface area (Å²) >= 11 is 0. The van der Waals surface area contributed by atoms with Crippen molar-refractivity contribution in [1.82, 2.24) is 19.4 Å². The van der Waals surface area contributed by atoms with Crippen LogP contribution in [0.1, 0.15) is 50.5 Å². The quantitative estimate of drug-likeness (QED) is 0.588. The molecule has 2 aromatic rings. The van der Waals surface area contributed by atoms with Gasteiger partial charge < -0.3 is 20.2 Å². The fraction of sp³-hybridized carbons (Fsp3) is 0.577. The molecule has 3 heterocycles. The standard InChI is InChI=1S/C26H37N5O3/c1-21(22-7-3-2-4-8-22)17-24(32)30-14-9-26(34,10-15-30)19-31-20-28-23(18-25(31)33)27-11-16-29-12-5-6-13-29/h2-4,7-8,18,20-21,27,34H,5-6,9-17,19H2,1H3. The molecule has 8 heteroatoms. The van der Waals surface area contributed by atoms with Crippen LogP contribution < -0.4 is 10.9 Å². The van der Waals surface area contributed by atoms with Crippen molar-refractivity contribution in [2.45, 2.75) is 57.1 Å². The SMILES string of the molecule is CC(CC(=O)N1CCC(O)(Cn2cnc(NCCN3CCCC3)cc2=O)CC1)c1ccccc1. The molecule has 2 aliphatic heterocycles. The smallest absolute Gasteiger partial charge is 0.255 e. The molecule has 0 radical (unpaired) electrons. The minimum atomic E-state index is -1.02. The summed E-state index contributed by atoms with van der Waals surface area (Å²) in [7, 11) is 0. The molecule has 1 unspecified atom stereocenters. The van der Waals surface area contributed by atoms with Gasteiger partial charge in [-0.2, -0.15) is 0 Å². The number of amides is 1. The summed E-state index contributed by atoms with van der Waals surface area (Å²) in [5.74, 6) is 0.837. The second-order valence-corrected chi connectivity index (χ2v) is 9.84. The molecule has 34 heavy (non-hydrogen) atoms. The minimum Gasteiger partial charge on any atom is -0.388 e. The van der Waals surface area contributed by atoms with Crippen LogP contribution in [0.2, 0.25) is 0 Å². The molecule has 0 bridgehead atoms. The molecular formula is C26H37N5O3. The Labute approximate surface area is 201 Å². The maximum absolute atomic E-state index is 12.8. The zero-order chi connectivity index (χ0) is 24.0. The minimum absolute atomic E-state index is 0.113. The Morgan fingerprint density at radius 3 is 2.53 bits per heavy atom. The second-order valence-electron chi connectivity index (χ2n) is 9.84. The molecule has 2 aliphatic rings. The van der Waals surface area contributed by atoms with Gasteiger partial charge in [0.1, 0.15) is 5.82 Å². The molecule has 1 amide bonds. The first kappa shape index (κ1) is 24.4. The summed E-state index contributed by atoms with van der Waals surface area (Å²) in [4.78, 5) is 34.0. The van der Waals surface area contributed by atoms with Crippen LogP contribution >= 0.6 is 0 Å². The average Bonchev–Trinajstić information content (AvgIpc) is 3.35. The van der Waals surface area contributed by atoms with Crippen molar-refractivity contribution in [3.05, 3.63) is 58.6 Å². The van der Waals surface area contributed by atoms with Crippen molar-refractivity contribution in [3.8, 4) is 0 Å². The van der Waals surface area contributed by atoms with Gasteiger partial charge in [0.05, 0.1) is 18.5 Å². The van der Waals surface area contributed by atoms with Gasteiger partial charge >= 0.3 is 0 Å². The number of likely N-dealkylation sites (tertiary alicyclic amines) is 2. The van der Waals surface area contributed by atoms with E-state index >= 15 is 0 Å². The third-order valence-corrected chi connectivity index (χ3v) is 7.17. The third kappa shape index (κ3) is 6.45. The van der Waals surface area contributed by atoms with Gasteiger partial charge in [-0.05, 0) is 50.3 Å². The summed E-state index contributed by atoms with van der Waals surface area (Å²) in [5, 5.41) is 14.3. The van der Waals surface area contributed by atoms with E-state index < -0.39 is 5.60 Å². The van der Waals surface area contributed by atoms with Gasteiger partial charge in [-0.3, -0.25) is 14.2 Å². The van der Waals surface area contributed by atoms with E-state index in [2.05, 4.69) is 22.1 Å². The molecule has 184 valence electrons. The predicted molar refractivity (Wildman–Crippen MR) is 133 cm³/mol. The van der Waals surface area contributed by atoms with Crippen molar-refractivity contribution >= 4 is 11.7 Å². The summed E-state index contributed by atoms with van der Waals surface area (Å²) in [6, 6.07) is 11.6. The first-order valence-electron chi connectivity index (χ1n) is 12.5. The maximum Gasteiger partial charge on any atom is 0.255 e. The number of rotatable bonds is 9. The van der Waals surface area contributed by atoms with E-state index in [1.165, 1.54) is 29.8 Å². The number of benzene rings is 1. The average molecular weight is 468 g/mol. The van der Waals surface area contributed by atoms with Gasteiger partial charge in [0, 0.05) is 38.7 Å². The number of nitrogens with one attached hydrogen (secondary N) is 1. The molecule has 4 rings (SSSR count). The van der Waals surface area contributed by atoms with Gasteiger partial charge in [-0.15, -0.1) is 0 Å². The molecule has 1 aromatic heterocycles. The number of aliphatic hydroxyl groups is 1. The Morgan fingerprint density at radius 2 is 1.85 bits per heavy atom. The van der Waals surface area contributed by atoms with Gasteiger partial charge in [0.25, 0.3) is 5.56 Å². The maximum atomic E-state index is 12.8.